The minimum absolute atomic E-state index is 0.243. The van der Waals surface area contributed by atoms with Crippen molar-refractivity contribution in [2.45, 2.75) is 39.5 Å². The van der Waals surface area contributed by atoms with Gasteiger partial charge in [-0.25, -0.2) is 4.98 Å². The highest BCUT2D eigenvalue weighted by molar-refractivity contribution is 4.97. The summed E-state index contributed by atoms with van der Waals surface area (Å²) in [6.07, 6.45) is 4.23. The molecule has 0 radical (unpaired) electrons. The molecular formula is C10H19N3O. The molecule has 0 aliphatic carbocycles. The van der Waals surface area contributed by atoms with Gasteiger partial charge in [0, 0.05) is 25.8 Å². The molecule has 1 aromatic rings. The molecule has 0 saturated carbocycles. The lowest BCUT2D eigenvalue weighted by atomic mass is 10.3. The Morgan fingerprint density at radius 2 is 2.36 bits per heavy atom. The Labute approximate surface area is 85.0 Å². The first-order chi connectivity index (χ1) is 6.77. The SMILES string of the molecule is CCC(O)CNCc1cncn1CC. The number of aliphatic hydroxyl groups excluding tert-OH is 1. The molecule has 2 N–H and O–H groups in total. The molecule has 1 unspecified atom stereocenters. The quantitative estimate of drug-likeness (QED) is 0.708. The van der Waals surface area contributed by atoms with Crippen LogP contribution in [-0.2, 0) is 13.1 Å². The number of hydrogen-bond donors (Lipinski definition) is 2. The van der Waals surface area contributed by atoms with Gasteiger partial charge in [0.05, 0.1) is 18.1 Å². The number of imidazole rings is 1. The summed E-state index contributed by atoms with van der Waals surface area (Å²) < 4.78 is 2.09. The Hall–Kier alpha value is -0.870. The Morgan fingerprint density at radius 1 is 1.57 bits per heavy atom. The van der Waals surface area contributed by atoms with Crippen molar-refractivity contribution in [3.63, 3.8) is 0 Å². The lowest BCUT2D eigenvalue weighted by Crippen LogP contribution is -2.26. The first kappa shape index (κ1) is 11.2. The standard InChI is InChI=1S/C10H19N3O/c1-3-10(14)7-11-5-9-6-12-8-13(9)4-2/h6,8,10-11,14H,3-5,7H2,1-2H3. The highest BCUT2D eigenvalue weighted by atomic mass is 16.3. The maximum atomic E-state index is 9.33. The molecule has 80 valence electrons. The van der Waals surface area contributed by atoms with Crippen LogP contribution in [0.2, 0.25) is 0 Å². The minimum atomic E-state index is -0.243. The van der Waals surface area contributed by atoms with E-state index in [1.54, 1.807) is 0 Å². The minimum Gasteiger partial charge on any atom is -0.392 e. The zero-order valence-corrected chi connectivity index (χ0v) is 8.90. The number of rotatable bonds is 6. The number of hydrogen-bond acceptors (Lipinski definition) is 3. The van der Waals surface area contributed by atoms with Gasteiger partial charge in [-0.2, -0.15) is 0 Å². The van der Waals surface area contributed by atoms with Crippen molar-refractivity contribution in [2.75, 3.05) is 6.54 Å². The molecule has 1 rings (SSSR count). The van der Waals surface area contributed by atoms with Gasteiger partial charge in [-0.3, -0.25) is 0 Å². The van der Waals surface area contributed by atoms with E-state index in [0.29, 0.717) is 6.54 Å². The number of aliphatic hydroxyl groups is 1. The van der Waals surface area contributed by atoms with E-state index >= 15 is 0 Å². The molecule has 14 heavy (non-hydrogen) atoms. The predicted octanol–water partition coefficient (Wildman–Crippen LogP) is 0.763. The average Bonchev–Trinajstić information content (AvgIpc) is 2.65. The Kier molecular flexibility index (Phi) is 4.62. The van der Waals surface area contributed by atoms with Gasteiger partial charge in [0.1, 0.15) is 0 Å². The van der Waals surface area contributed by atoms with E-state index in [9.17, 15) is 5.11 Å². The van der Waals surface area contributed by atoms with Crippen LogP contribution in [0.25, 0.3) is 0 Å². The van der Waals surface area contributed by atoms with Gasteiger partial charge in [0.2, 0.25) is 0 Å². The molecule has 1 aromatic heterocycles. The molecule has 0 saturated heterocycles. The lowest BCUT2D eigenvalue weighted by Gasteiger charge is -2.10. The van der Waals surface area contributed by atoms with E-state index in [1.807, 2.05) is 19.4 Å². The second kappa shape index (κ2) is 5.78. The normalized spacial score (nSPS) is 13.1. The van der Waals surface area contributed by atoms with Crippen molar-refractivity contribution in [3.05, 3.63) is 18.2 Å². The number of nitrogens with one attached hydrogen (secondary N) is 1. The maximum Gasteiger partial charge on any atom is 0.0948 e. The highest BCUT2D eigenvalue weighted by Gasteiger charge is 2.02. The fourth-order valence-electron chi connectivity index (χ4n) is 1.29. The molecule has 0 spiro atoms. The van der Waals surface area contributed by atoms with Gasteiger partial charge in [-0.05, 0) is 13.3 Å². The summed E-state index contributed by atoms with van der Waals surface area (Å²) in [5, 5.41) is 12.5. The van der Waals surface area contributed by atoms with Gasteiger partial charge in [-0.1, -0.05) is 6.92 Å². The maximum absolute atomic E-state index is 9.33. The van der Waals surface area contributed by atoms with Crippen LogP contribution < -0.4 is 5.32 Å². The lowest BCUT2D eigenvalue weighted by molar-refractivity contribution is 0.167. The number of aryl methyl sites for hydroxylation is 1. The number of nitrogens with zero attached hydrogens (tertiary/aromatic N) is 2. The van der Waals surface area contributed by atoms with Gasteiger partial charge in [0.15, 0.2) is 0 Å². The highest BCUT2D eigenvalue weighted by Crippen LogP contribution is 1.98. The van der Waals surface area contributed by atoms with Crippen LogP contribution in [0.4, 0.5) is 0 Å². The molecule has 0 bridgehead atoms. The van der Waals surface area contributed by atoms with Crippen LogP contribution in [-0.4, -0.2) is 27.3 Å². The smallest absolute Gasteiger partial charge is 0.0948 e. The van der Waals surface area contributed by atoms with Crippen LogP contribution >= 0.6 is 0 Å². The van der Waals surface area contributed by atoms with Crippen molar-refractivity contribution in [3.8, 4) is 0 Å². The fourth-order valence-corrected chi connectivity index (χ4v) is 1.29. The average molecular weight is 197 g/mol. The second-order valence-corrected chi connectivity index (χ2v) is 3.36. The molecule has 0 fully saturated rings. The largest absolute Gasteiger partial charge is 0.392 e. The number of aromatic nitrogens is 2. The second-order valence-electron chi connectivity index (χ2n) is 3.36. The fraction of sp³-hybridized carbons (Fsp3) is 0.700. The van der Waals surface area contributed by atoms with Crippen LogP contribution in [0.1, 0.15) is 26.0 Å². The zero-order valence-electron chi connectivity index (χ0n) is 8.90. The third-order valence-electron chi connectivity index (χ3n) is 2.30. The topological polar surface area (TPSA) is 50.1 Å². The van der Waals surface area contributed by atoms with Crippen molar-refractivity contribution in [1.29, 1.82) is 0 Å². The molecule has 1 heterocycles. The zero-order chi connectivity index (χ0) is 10.4. The first-order valence-corrected chi connectivity index (χ1v) is 5.15. The van der Waals surface area contributed by atoms with Crippen molar-refractivity contribution in [2.24, 2.45) is 0 Å². The Balaban J connectivity index is 2.31. The Morgan fingerprint density at radius 3 is 3.00 bits per heavy atom. The van der Waals surface area contributed by atoms with E-state index in [4.69, 9.17) is 0 Å². The van der Waals surface area contributed by atoms with Gasteiger partial charge in [0.25, 0.3) is 0 Å². The van der Waals surface area contributed by atoms with E-state index in [-0.39, 0.29) is 6.10 Å². The van der Waals surface area contributed by atoms with Crippen LogP contribution in [0.3, 0.4) is 0 Å². The molecule has 4 heteroatoms. The molecular weight excluding hydrogens is 178 g/mol. The third-order valence-corrected chi connectivity index (χ3v) is 2.30. The summed E-state index contributed by atoms with van der Waals surface area (Å²) in [6, 6.07) is 0. The van der Waals surface area contributed by atoms with Gasteiger partial charge >= 0.3 is 0 Å². The summed E-state index contributed by atoms with van der Waals surface area (Å²) in [7, 11) is 0. The molecule has 0 aliphatic heterocycles. The van der Waals surface area contributed by atoms with Crippen LogP contribution in [0.5, 0.6) is 0 Å². The summed E-state index contributed by atoms with van der Waals surface area (Å²) >= 11 is 0. The van der Waals surface area contributed by atoms with E-state index in [0.717, 1.165) is 25.2 Å². The van der Waals surface area contributed by atoms with Crippen molar-refractivity contribution in [1.82, 2.24) is 14.9 Å². The van der Waals surface area contributed by atoms with E-state index in [1.165, 1.54) is 0 Å². The first-order valence-electron chi connectivity index (χ1n) is 5.15. The molecule has 4 nitrogen and oxygen atoms in total. The summed E-state index contributed by atoms with van der Waals surface area (Å²) in [4.78, 5) is 4.07. The van der Waals surface area contributed by atoms with Gasteiger partial charge in [-0.15, -0.1) is 0 Å². The molecule has 1 atom stereocenters. The molecule has 0 amide bonds. The van der Waals surface area contributed by atoms with E-state index in [2.05, 4.69) is 21.8 Å². The summed E-state index contributed by atoms with van der Waals surface area (Å²) in [6.45, 7) is 6.42. The molecule has 0 aromatic carbocycles. The summed E-state index contributed by atoms with van der Waals surface area (Å²) in [5.41, 5.74) is 1.16. The van der Waals surface area contributed by atoms with Crippen LogP contribution in [0.15, 0.2) is 12.5 Å². The summed E-state index contributed by atoms with van der Waals surface area (Å²) in [5.74, 6) is 0. The third kappa shape index (κ3) is 3.12. The van der Waals surface area contributed by atoms with Crippen molar-refractivity contribution < 1.29 is 5.11 Å². The van der Waals surface area contributed by atoms with Gasteiger partial charge < -0.3 is 15.0 Å². The monoisotopic (exact) mass is 197 g/mol. The van der Waals surface area contributed by atoms with Crippen molar-refractivity contribution >= 4 is 0 Å². The predicted molar refractivity (Wildman–Crippen MR) is 55.9 cm³/mol. The molecule has 0 aliphatic rings. The van der Waals surface area contributed by atoms with Crippen LogP contribution in [0, 0.1) is 0 Å². The van der Waals surface area contributed by atoms with E-state index < -0.39 is 0 Å². The Bertz CT molecular complexity index is 260.